The summed E-state index contributed by atoms with van der Waals surface area (Å²) in [5.74, 6) is -3.51. The maximum Gasteiger partial charge on any atom is 0.327 e. The number of aliphatic imine (C=N–C) groups is 1. The van der Waals surface area contributed by atoms with Gasteiger partial charge >= 0.3 is 11.9 Å². The number of phenolic OH excluding ortho intramolecular Hbond substituents is 1. The molecule has 3 rings (SSSR count). The van der Waals surface area contributed by atoms with E-state index in [9.17, 15) is 39.3 Å². The van der Waals surface area contributed by atoms with Crippen molar-refractivity contribution in [3.63, 3.8) is 0 Å². The number of guanidine groups is 1. The Balaban J connectivity index is 1.53. The van der Waals surface area contributed by atoms with E-state index in [0.29, 0.717) is 43.1 Å². The standard InChI is InChI=1S/C38H53N9O8/c1-24(2)18-29(43-32(49)19-25-6-8-26(9-7-25)41-37(40-23-39)42-27-10-12-28(48)13-11-27)34(51)45-31(36(54)55)22-47-16-14-46(15-17-47)21-30(35(52)53)44-33(50)20-38(3,4)5/h6-13,24,29-31,48H,14-22H2,1-5H3,(H,43,49)(H,44,50)(H,45,51)(H,52,53)(H,54,55)(H2,40,41,42). The van der Waals surface area contributed by atoms with Crippen molar-refractivity contribution in [1.29, 1.82) is 5.26 Å². The Bertz CT molecular complexity index is 1690. The van der Waals surface area contributed by atoms with E-state index in [2.05, 4.69) is 31.6 Å². The van der Waals surface area contributed by atoms with Crippen LogP contribution in [0, 0.1) is 22.8 Å². The molecule has 3 amide bonds. The third-order valence-corrected chi connectivity index (χ3v) is 8.52. The normalized spacial score (nSPS) is 15.5. The van der Waals surface area contributed by atoms with Gasteiger partial charge in [0.05, 0.1) is 6.42 Å². The van der Waals surface area contributed by atoms with Crippen LogP contribution in [0.4, 0.5) is 11.4 Å². The Morgan fingerprint density at radius 2 is 1.24 bits per heavy atom. The summed E-state index contributed by atoms with van der Waals surface area (Å²) >= 11 is 0. The van der Waals surface area contributed by atoms with Crippen LogP contribution in [-0.2, 0) is 30.4 Å². The van der Waals surface area contributed by atoms with Crippen molar-refractivity contribution < 1.29 is 39.3 Å². The number of hydrogen-bond donors (Lipinski definition) is 8. The second-order valence-corrected chi connectivity index (χ2v) is 15.2. The predicted molar refractivity (Wildman–Crippen MR) is 206 cm³/mol. The molecule has 298 valence electrons. The Hall–Kier alpha value is -5.73. The molecule has 8 N–H and O–H groups in total. The summed E-state index contributed by atoms with van der Waals surface area (Å²) < 4.78 is 0. The van der Waals surface area contributed by atoms with Crippen LogP contribution in [0.5, 0.6) is 5.75 Å². The van der Waals surface area contributed by atoms with Gasteiger partial charge in [0, 0.05) is 57.1 Å². The van der Waals surface area contributed by atoms with Crippen LogP contribution in [0.3, 0.4) is 0 Å². The molecule has 3 unspecified atom stereocenters. The fourth-order valence-electron chi connectivity index (χ4n) is 5.84. The van der Waals surface area contributed by atoms with E-state index in [1.165, 1.54) is 12.1 Å². The quantitative estimate of drug-likeness (QED) is 0.0498. The molecule has 0 bridgehead atoms. The Morgan fingerprint density at radius 3 is 1.69 bits per heavy atom. The van der Waals surface area contributed by atoms with E-state index in [4.69, 9.17) is 5.26 Å². The zero-order valence-electron chi connectivity index (χ0n) is 32.0. The van der Waals surface area contributed by atoms with E-state index in [1.54, 1.807) is 42.6 Å². The second kappa shape index (κ2) is 20.7. The highest BCUT2D eigenvalue weighted by molar-refractivity contribution is 6.04. The average molecular weight is 764 g/mol. The van der Waals surface area contributed by atoms with E-state index >= 15 is 0 Å². The summed E-state index contributed by atoms with van der Waals surface area (Å²) in [5.41, 5.74) is 1.51. The van der Waals surface area contributed by atoms with E-state index in [1.807, 2.05) is 44.4 Å². The number of benzene rings is 2. The number of rotatable bonds is 17. The lowest BCUT2D eigenvalue weighted by molar-refractivity contribution is -0.143. The van der Waals surface area contributed by atoms with Crippen molar-refractivity contribution in [3.8, 4) is 11.9 Å². The Labute approximate surface area is 321 Å². The van der Waals surface area contributed by atoms with Gasteiger partial charge in [-0.15, -0.1) is 4.99 Å². The third-order valence-electron chi connectivity index (χ3n) is 8.52. The van der Waals surface area contributed by atoms with Gasteiger partial charge in [-0.1, -0.05) is 46.8 Å². The number of carboxylic acids is 2. The number of carbonyl (C=O) groups excluding carboxylic acids is 3. The van der Waals surface area contributed by atoms with Gasteiger partial charge in [0.1, 0.15) is 23.9 Å². The molecule has 17 nitrogen and oxygen atoms in total. The molecule has 1 fully saturated rings. The molecule has 1 aliphatic rings. The van der Waals surface area contributed by atoms with Crippen LogP contribution >= 0.6 is 0 Å². The van der Waals surface area contributed by atoms with Gasteiger partial charge in [0.15, 0.2) is 0 Å². The second-order valence-electron chi connectivity index (χ2n) is 15.2. The minimum absolute atomic E-state index is 0.00472. The van der Waals surface area contributed by atoms with Gasteiger partial charge < -0.3 is 41.9 Å². The van der Waals surface area contributed by atoms with Crippen molar-refractivity contribution in [2.24, 2.45) is 16.3 Å². The van der Waals surface area contributed by atoms with Crippen molar-refractivity contribution in [2.75, 3.05) is 49.9 Å². The minimum Gasteiger partial charge on any atom is -0.508 e. The van der Waals surface area contributed by atoms with Gasteiger partial charge in [0.25, 0.3) is 0 Å². The molecule has 1 heterocycles. The number of phenols is 1. The maximum atomic E-state index is 13.4. The lowest BCUT2D eigenvalue weighted by Crippen LogP contribution is -2.58. The van der Waals surface area contributed by atoms with Crippen molar-refractivity contribution in [1.82, 2.24) is 25.8 Å². The third kappa shape index (κ3) is 16.0. The fourth-order valence-corrected chi connectivity index (χ4v) is 5.84. The molecular weight excluding hydrogens is 710 g/mol. The summed E-state index contributed by atoms with van der Waals surface area (Å²) in [6, 6.07) is 9.67. The van der Waals surface area contributed by atoms with Crippen LogP contribution < -0.4 is 26.6 Å². The summed E-state index contributed by atoms with van der Waals surface area (Å²) in [7, 11) is 0. The number of aliphatic carboxylic acids is 2. The zero-order chi connectivity index (χ0) is 40.7. The molecule has 2 aromatic carbocycles. The lowest BCUT2D eigenvalue weighted by atomic mass is 9.92. The summed E-state index contributed by atoms with van der Waals surface area (Å²) in [5, 5.41) is 52.2. The number of anilines is 2. The first-order valence-electron chi connectivity index (χ1n) is 18.1. The number of piperazine rings is 1. The van der Waals surface area contributed by atoms with Crippen LogP contribution in [0.1, 0.15) is 53.0 Å². The average Bonchev–Trinajstić information content (AvgIpc) is 3.09. The van der Waals surface area contributed by atoms with Crippen LogP contribution in [0.15, 0.2) is 53.5 Å². The smallest absolute Gasteiger partial charge is 0.327 e. The Morgan fingerprint density at radius 1 is 0.764 bits per heavy atom. The number of aromatic hydroxyl groups is 1. The summed E-state index contributed by atoms with van der Waals surface area (Å²) in [4.78, 5) is 70.5. The van der Waals surface area contributed by atoms with Crippen LogP contribution in [-0.4, -0.2) is 118 Å². The molecule has 3 atom stereocenters. The number of amides is 3. The first kappa shape index (κ1) is 43.7. The maximum absolute atomic E-state index is 13.4. The number of carbonyl (C=O) groups is 5. The van der Waals surface area contributed by atoms with Crippen LogP contribution in [0.2, 0.25) is 0 Å². The number of nitrogens with zero attached hydrogens (tertiary/aromatic N) is 4. The number of nitrogens with one attached hydrogen (secondary N) is 5. The molecule has 0 radical (unpaired) electrons. The lowest BCUT2D eigenvalue weighted by Gasteiger charge is -2.37. The molecule has 55 heavy (non-hydrogen) atoms. The van der Waals surface area contributed by atoms with Crippen molar-refractivity contribution in [3.05, 3.63) is 54.1 Å². The van der Waals surface area contributed by atoms with Gasteiger partial charge in [-0.05, 0) is 59.7 Å². The molecule has 0 aromatic heterocycles. The minimum atomic E-state index is -1.26. The van der Waals surface area contributed by atoms with Crippen molar-refractivity contribution in [2.45, 2.75) is 72.0 Å². The molecule has 0 aliphatic carbocycles. The molecular formula is C38H53N9O8. The topological polar surface area (TPSA) is 249 Å². The number of hydrogen-bond acceptors (Lipinski definition) is 10. The zero-order valence-corrected chi connectivity index (χ0v) is 32.0. The van der Waals surface area contributed by atoms with E-state index in [-0.39, 0.29) is 61.3 Å². The van der Waals surface area contributed by atoms with E-state index < -0.39 is 41.9 Å². The summed E-state index contributed by atoms with van der Waals surface area (Å²) in [6.07, 6.45) is 2.13. The monoisotopic (exact) mass is 763 g/mol. The summed E-state index contributed by atoms with van der Waals surface area (Å²) in [6.45, 7) is 11.3. The van der Waals surface area contributed by atoms with Gasteiger partial charge in [0.2, 0.25) is 29.9 Å². The largest absolute Gasteiger partial charge is 0.508 e. The molecule has 2 aromatic rings. The molecule has 17 heteroatoms. The highest BCUT2D eigenvalue weighted by atomic mass is 16.4. The Kier molecular flexibility index (Phi) is 16.4. The van der Waals surface area contributed by atoms with Gasteiger partial charge in [-0.25, -0.2) is 9.59 Å². The molecule has 0 saturated carbocycles. The SMILES string of the molecule is CC(C)CC(NC(=O)Cc1ccc(NC(=NC#N)Nc2ccc(O)cc2)cc1)C(=O)NC(CN1CCN(CC(NC(=O)CC(C)(C)C)C(=O)O)CC1)C(=O)O. The molecule has 0 spiro atoms. The number of carboxylic acid groups (broad SMARTS) is 2. The first-order valence-corrected chi connectivity index (χ1v) is 18.1. The molecule has 1 saturated heterocycles. The van der Waals surface area contributed by atoms with Gasteiger partial charge in [-0.2, -0.15) is 5.26 Å². The van der Waals surface area contributed by atoms with E-state index in [0.717, 1.165) is 0 Å². The van der Waals surface area contributed by atoms with Crippen molar-refractivity contribution >= 4 is 47.0 Å². The van der Waals surface area contributed by atoms with Gasteiger partial charge in [-0.3, -0.25) is 24.2 Å². The highest BCUT2D eigenvalue weighted by Gasteiger charge is 2.31. The fraction of sp³-hybridized carbons (Fsp3) is 0.500. The first-order chi connectivity index (χ1) is 25.9. The van der Waals surface area contributed by atoms with Crippen LogP contribution in [0.25, 0.3) is 0 Å². The number of nitriles is 1. The molecule has 1 aliphatic heterocycles. The highest BCUT2D eigenvalue weighted by Crippen LogP contribution is 2.19. The predicted octanol–water partition coefficient (Wildman–Crippen LogP) is 2.02.